The van der Waals surface area contributed by atoms with Gasteiger partial charge in [0.15, 0.2) is 5.13 Å². The lowest BCUT2D eigenvalue weighted by molar-refractivity contribution is -0.111. The molecule has 1 N–H and O–H groups in total. The number of aromatic nitrogens is 4. The topological polar surface area (TPSA) is 72.7 Å². The van der Waals surface area contributed by atoms with Crippen LogP contribution in [0, 0.1) is 6.92 Å². The maximum atomic E-state index is 12.6. The molecule has 5 rings (SSSR count). The Hall–Kier alpha value is -4.36. The maximum absolute atomic E-state index is 12.6. The number of hydrogen-bond acceptors (Lipinski definition) is 5. The normalized spacial score (nSPS) is 11.1. The first-order valence-corrected chi connectivity index (χ1v) is 11.6. The van der Waals surface area contributed by atoms with Crippen molar-refractivity contribution in [1.29, 1.82) is 0 Å². The van der Waals surface area contributed by atoms with Crippen LogP contribution in [0.5, 0.6) is 0 Å². The number of rotatable bonds is 6. The van der Waals surface area contributed by atoms with Crippen LogP contribution < -0.4 is 5.32 Å². The molecule has 6 nitrogen and oxygen atoms in total. The summed E-state index contributed by atoms with van der Waals surface area (Å²) in [6.45, 7) is 2.05. The van der Waals surface area contributed by atoms with Crippen molar-refractivity contribution in [3.8, 4) is 28.2 Å². The molecule has 3 heterocycles. The van der Waals surface area contributed by atoms with Crippen molar-refractivity contribution >= 4 is 28.5 Å². The van der Waals surface area contributed by atoms with Crippen LogP contribution in [-0.2, 0) is 4.79 Å². The van der Waals surface area contributed by atoms with E-state index in [4.69, 9.17) is 5.10 Å². The van der Waals surface area contributed by atoms with Gasteiger partial charge >= 0.3 is 0 Å². The number of anilines is 1. The van der Waals surface area contributed by atoms with Crippen LogP contribution in [0.25, 0.3) is 34.3 Å². The van der Waals surface area contributed by atoms with Crippen molar-refractivity contribution in [1.82, 2.24) is 19.7 Å². The molecule has 0 fully saturated rings. The smallest absolute Gasteiger partial charge is 0.250 e. The predicted molar refractivity (Wildman–Crippen MR) is 137 cm³/mol. The largest absolute Gasteiger partial charge is 0.298 e. The van der Waals surface area contributed by atoms with Gasteiger partial charge in [-0.3, -0.25) is 15.1 Å². The molecule has 1 amide bonds. The first-order valence-electron chi connectivity index (χ1n) is 10.7. The zero-order chi connectivity index (χ0) is 23.3. The van der Waals surface area contributed by atoms with Gasteiger partial charge in [-0.05, 0) is 37.3 Å². The zero-order valence-electron chi connectivity index (χ0n) is 18.4. The lowest BCUT2D eigenvalue weighted by Gasteiger charge is -2.00. The first-order chi connectivity index (χ1) is 16.7. The van der Waals surface area contributed by atoms with Gasteiger partial charge in [-0.2, -0.15) is 5.10 Å². The second-order valence-corrected chi connectivity index (χ2v) is 8.54. The van der Waals surface area contributed by atoms with Crippen molar-refractivity contribution in [2.75, 3.05) is 5.32 Å². The van der Waals surface area contributed by atoms with Crippen LogP contribution in [0.4, 0.5) is 5.13 Å². The third-order valence-corrected chi connectivity index (χ3v) is 5.95. The van der Waals surface area contributed by atoms with Gasteiger partial charge < -0.3 is 0 Å². The third-order valence-electron chi connectivity index (χ3n) is 5.19. The molecule has 3 aromatic heterocycles. The molecule has 0 radical (unpaired) electrons. The predicted octanol–water partition coefficient (Wildman–Crippen LogP) is 6.02. The lowest BCUT2D eigenvalue weighted by atomic mass is 10.1. The molecule has 0 aliphatic carbocycles. The highest BCUT2D eigenvalue weighted by atomic mass is 32.1. The van der Waals surface area contributed by atoms with Gasteiger partial charge in [-0.15, -0.1) is 11.3 Å². The van der Waals surface area contributed by atoms with Gasteiger partial charge in [0.25, 0.3) is 0 Å². The second-order valence-electron chi connectivity index (χ2n) is 7.68. The number of nitrogens with one attached hydrogen (secondary N) is 1. The van der Waals surface area contributed by atoms with E-state index in [0.717, 1.165) is 33.8 Å². The van der Waals surface area contributed by atoms with Gasteiger partial charge in [0.1, 0.15) is 5.69 Å². The molecule has 7 heteroatoms. The Morgan fingerprint density at radius 2 is 1.82 bits per heavy atom. The van der Waals surface area contributed by atoms with E-state index in [1.165, 1.54) is 23.0 Å². The van der Waals surface area contributed by atoms with Gasteiger partial charge in [0.05, 0.1) is 11.4 Å². The van der Waals surface area contributed by atoms with Crippen molar-refractivity contribution in [2.24, 2.45) is 0 Å². The van der Waals surface area contributed by atoms with Crippen molar-refractivity contribution in [3.63, 3.8) is 0 Å². The molecule has 0 unspecified atom stereocenters. The molecule has 0 spiro atoms. The van der Waals surface area contributed by atoms with E-state index in [1.54, 1.807) is 23.2 Å². The molecule has 166 valence electrons. The monoisotopic (exact) mass is 463 g/mol. The number of benzene rings is 2. The van der Waals surface area contributed by atoms with E-state index < -0.39 is 0 Å². The van der Waals surface area contributed by atoms with E-state index in [0.29, 0.717) is 5.13 Å². The molecule has 34 heavy (non-hydrogen) atoms. The van der Waals surface area contributed by atoms with E-state index in [9.17, 15) is 4.79 Å². The number of carbonyl (C=O) groups excluding carboxylic acids is 1. The summed E-state index contributed by atoms with van der Waals surface area (Å²) in [6, 6.07) is 21.8. The molecule has 0 atom stereocenters. The number of nitrogens with zero attached hydrogens (tertiary/aromatic N) is 4. The van der Waals surface area contributed by atoms with Crippen LogP contribution in [0.1, 0.15) is 11.1 Å². The van der Waals surface area contributed by atoms with Crippen LogP contribution >= 0.6 is 11.3 Å². The van der Waals surface area contributed by atoms with E-state index in [-0.39, 0.29) is 5.91 Å². The van der Waals surface area contributed by atoms with Crippen LogP contribution in [0.2, 0.25) is 0 Å². The van der Waals surface area contributed by atoms with E-state index in [2.05, 4.69) is 15.3 Å². The average molecular weight is 464 g/mol. The number of para-hydroxylation sites is 1. The Kier molecular flexibility index (Phi) is 6.09. The number of pyridine rings is 1. The lowest BCUT2D eigenvalue weighted by Crippen LogP contribution is -2.07. The fourth-order valence-electron chi connectivity index (χ4n) is 3.45. The Morgan fingerprint density at radius 1 is 1.00 bits per heavy atom. The molecule has 0 saturated carbocycles. The van der Waals surface area contributed by atoms with Crippen molar-refractivity contribution in [3.05, 3.63) is 108 Å². The average Bonchev–Trinajstić information content (AvgIpc) is 3.52. The minimum absolute atomic E-state index is 0.255. The SMILES string of the molecule is Cc1ccc(-c2csc(NC(=O)/C=C/c3cn(-c4ccccc4)nc3-c3cccnc3)n2)cc1. The molecule has 0 bridgehead atoms. The maximum Gasteiger partial charge on any atom is 0.250 e. The molecular weight excluding hydrogens is 442 g/mol. The fourth-order valence-corrected chi connectivity index (χ4v) is 4.17. The number of hydrogen-bond donors (Lipinski definition) is 1. The quantitative estimate of drug-likeness (QED) is 0.313. The number of aryl methyl sites for hydroxylation is 1. The van der Waals surface area contributed by atoms with E-state index in [1.807, 2.05) is 85.2 Å². The molecular formula is C27H21N5OS. The molecule has 5 aromatic rings. The standard InChI is InChI=1S/C27H21N5OS/c1-19-9-11-20(12-10-19)24-18-34-27(29-24)30-25(33)14-13-22-17-32(23-7-3-2-4-8-23)31-26(22)21-6-5-15-28-16-21/h2-18H,1H3,(H,29,30,33)/b14-13+. The number of thiazole rings is 1. The molecule has 0 aliphatic rings. The van der Waals surface area contributed by atoms with Crippen LogP contribution in [-0.4, -0.2) is 25.7 Å². The van der Waals surface area contributed by atoms with Gasteiger partial charge in [0, 0.05) is 46.7 Å². The highest BCUT2D eigenvalue weighted by molar-refractivity contribution is 7.14. The summed E-state index contributed by atoms with van der Waals surface area (Å²) >= 11 is 1.40. The highest BCUT2D eigenvalue weighted by Crippen LogP contribution is 2.26. The summed E-state index contributed by atoms with van der Waals surface area (Å²) in [5.41, 5.74) is 6.42. The van der Waals surface area contributed by atoms with Crippen molar-refractivity contribution < 1.29 is 4.79 Å². The highest BCUT2D eigenvalue weighted by Gasteiger charge is 2.12. The Bertz CT molecular complexity index is 1440. The third kappa shape index (κ3) is 4.84. The van der Waals surface area contributed by atoms with Crippen LogP contribution in [0.3, 0.4) is 0 Å². The van der Waals surface area contributed by atoms with Crippen LogP contribution in [0.15, 0.2) is 96.8 Å². The van der Waals surface area contributed by atoms with Gasteiger partial charge in [-0.1, -0.05) is 48.0 Å². The minimum atomic E-state index is -0.255. The summed E-state index contributed by atoms with van der Waals surface area (Å²) in [5.74, 6) is -0.255. The van der Waals surface area contributed by atoms with E-state index >= 15 is 0 Å². The summed E-state index contributed by atoms with van der Waals surface area (Å²) in [4.78, 5) is 21.4. The first kappa shape index (κ1) is 21.5. The van der Waals surface area contributed by atoms with Gasteiger partial charge in [0.2, 0.25) is 5.91 Å². The van der Waals surface area contributed by atoms with Crippen molar-refractivity contribution in [2.45, 2.75) is 6.92 Å². The Labute approximate surface area is 201 Å². The summed E-state index contributed by atoms with van der Waals surface area (Å²) < 4.78 is 1.80. The zero-order valence-corrected chi connectivity index (χ0v) is 19.2. The summed E-state index contributed by atoms with van der Waals surface area (Å²) in [7, 11) is 0. The Balaban J connectivity index is 1.37. The molecule has 0 aliphatic heterocycles. The second kappa shape index (κ2) is 9.64. The minimum Gasteiger partial charge on any atom is -0.298 e. The number of carbonyl (C=O) groups is 1. The fraction of sp³-hybridized carbons (Fsp3) is 0.0370. The summed E-state index contributed by atoms with van der Waals surface area (Å²) in [6.07, 6.45) is 8.65. The van der Waals surface area contributed by atoms with Gasteiger partial charge in [-0.25, -0.2) is 9.67 Å². The summed E-state index contributed by atoms with van der Waals surface area (Å²) in [5, 5.41) is 10.1. The Morgan fingerprint density at radius 3 is 2.59 bits per heavy atom. The molecule has 2 aromatic carbocycles. The number of amides is 1. The molecule has 0 saturated heterocycles.